The molecule has 6 heteroatoms. The molecule has 1 fully saturated rings. The maximum Gasteiger partial charge on any atom is 0.514 e. The molecule has 0 spiro atoms. The van der Waals surface area contributed by atoms with Crippen LogP contribution in [0.25, 0.3) is 5.65 Å². The minimum absolute atomic E-state index is 0.0516. The topological polar surface area (TPSA) is 48.7 Å². The zero-order valence-electron chi connectivity index (χ0n) is 14.7. The van der Waals surface area contributed by atoms with Crippen LogP contribution in [0, 0.1) is 0 Å². The van der Waals surface area contributed by atoms with E-state index < -0.39 is 18.3 Å². The summed E-state index contributed by atoms with van der Waals surface area (Å²) in [6, 6.07) is -0.375. The van der Waals surface area contributed by atoms with E-state index in [4.69, 9.17) is 14.8 Å². The predicted molar refractivity (Wildman–Crippen MR) is 68.7 cm³/mol. The van der Waals surface area contributed by atoms with Crippen molar-refractivity contribution in [3.63, 3.8) is 0 Å². The molecule has 1 saturated heterocycles. The summed E-state index contributed by atoms with van der Waals surface area (Å²) in [6.07, 6.45) is -0.534. The minimum atomic E-state index is -0.893. The van der Waals surface area contributed by atoms with Crippen LogP contribution in [0.1, 0.15) is 33.2 Å². The molecule has 5 nitrogen and oxygen atoms in total. The van der Waals surface area contributed by atoms with E-state index in [1.54, 1.807) is 0 Å². The molecule has 94 valence electrons. The van der Waals surface area contributed by atoms with Gasteiger partial charge in [-0.05, 0) is 33.7 Å². The van der Waals surface area contributed by atoms with Crippen molar-refractivity contribution in [1.82, 2.24) is 14.6 Å². The molecule has 1 aliphatic rings. The second-order valence-electron chi connectivity index (χ2n) is 5.29. The number of rotatable bonds is 1. The molecule has 2 aromatic rings. The monoisotopic (exact) mass is 249 g/mol. The van der Waals surface area contributed by atoms with Crippen LogP contribution in [-0.2, 0) is 9.31 Å². The van der Waals surface area contributed by atoms with E-state index >= 15 is 0 Å². The molecular formula is C12H16BN3O2. The van der Waals surface area contributed by atoms with E-state index in [1.165, 1.54) is 0 Å². The molecular weight excluding hydrogens is 229 g/mol. The van der Waals surface area contributed by atoms with Crippen molar-refractivity contribution < 1.29 is 14.8 Å². The molecule has 0 bridgehead atoms. The van der Waals surface area contributed by atoms with Crippen LogP contribution in [0.2, 0.25) is 0 Å². The van der Waals surface area contributed by atoms with Gasteiger partial charge in [0.15, 0.2) is 5.65 Å². The highest BCUT2D eigenvalue weighted by molar-refractivity contribution is 6.61. The third kappa shape index (κ3) is 1.64. The van der Waals surface area contributed by atoms with Gasteiger partial charge in [-0.3, -0.25) is 0 Å². The van der Waals surface area contributed by atoms with Gasteiger partial charge in [-0.2, -0.15) is 5.10 Å². The van der Waals surface area contributed by atoms with Crippen LogP contribution in [0.15, 0.2) is 24.4 Å². The largest absolute Gasteiger partial charge is 0.514 e. The van der Waals surface area contributed by atoms with Crippen molar-refractivity contribution in [2.24, 2.45) is 0 Å². The zero-order chi connectivity index (χ0) is 16.4. The lowest BCUT2D eigenvalue weighted by atomic mass is 9.84. The average Bonchev–Trinajstić information content (AvgIpc) is 2.80. The Balaban J connectivity index is 2.17. The molecule has 18 heavy (non-hydrogen) atoms. The second-order valence-corrected chi connectivity index (χ2v) is 5.29. The lowest BCUT2D eigenvalue weighted by Gasteiger charge is -2.32. The minimum Gasteiger partial charge on any atom is -0.398 e. The highest BCUT2D eigenvalue weighted by Gasteiger charge is 2.52. The Morgan fingerprint density at radius 3 is 2.56 bits per heavy atom. The third-order valence-electron chi connectivity index (χ3n) is 3.51. The number of nitrogens with zero attached hydrogens (tertiary/aromatic N) is 3. The molecule has 0 atom stereocenters. The molecule has 1 aliphatic heterocycles. The van der Waals surface area contributed by atoms with Gasteiger partial charge < -0.3 is 9.31 Å². The predicted octanol–water partition coefficient (Wildman–Crippen LogP) is 1.03. The molecule has 0 unspecified atom stereocenters. The van der Waals surface area contributed by atoms with E-state index in [1.807, 2.05) is 27.7 Å². The van der Waals surface area contributed by atoms with Gasteiger partial charge in [-0.1, -0.05) is 0 Å². The van der Waals surface area contributed by atoms with Gasteiger partial charge in [0.05, 0.1) is 28.5 Å². The van der Waals surface area contributed by atoms with Crippen LogP contribution in [0.3, 0.4) is 0 Å². The fraction of sp³-hybridized carbons (Fsp3) is 0.500. The highest BCUT2D eigenvalue weighted by atomic mass is 16.7. The van der Waals surface area contributed by atoms with Crippen LogP contribution in [-0.4, -0.2) is 32.9 Å². The summed E-state index contributed by atoms with van der Waals surface area (Å²) in [5.41, 5.74) is -1.00. The maximum atomic E-state index is 8.09. The molecule has 3 rings (SSSR count). The molecule has 3 heterocycles. The number of fused-ring (bicyclic) bond motifs is 1. The molecule has 0 radical (unpaired) electrons. The molecule has 0 amide bonds. The van der Waals surface area contributed by atoms with Crippen LogP contribution in [0.4, 0.5) is 0 Å². The summed E-state index contributed by atoms with van der Waals surface area (Å²) < 4.78 is 44.2. The van der Waals surface area contributed by atoms with Crippen molar-refractivity contribution in [2.75, 3.05) is 0 Å². The van der Waals surface area contributed by atoms with Crippen molar-refractivity contribution >= 4 is 18.4 Å². The van der Waals surface area contributed by atoms with E-state index in [2.05, 4.69) is 10.1 Å². The Morgan fingerprint density at radius 1 is 1.22 bits per heavy atom. The molecule has 2 aromatic heterocycles. The summed E-state index contributed by atoms with van der Waals surface area (Å²) >= 11 is 0. The van der Waals surface area contributed by atoms with Crippen LogP contribution < -0.4 is 5.59 Å². The van der Waals surface area contributed by atoms with Crippen molar-refractivity contribution in [2.45, 2.75) is 38.9 Å². The first-order chi connectivity index (χ1) is 10.0. The van der Waals surface area contributed by atoms with Gasteiger partial charge in [0.25, 0.3) is 0 Å². The van der Waals surface area contributed by atoms with E-state index in [-0.39, 0.29) is 35.7 Å². The second kappa shape index (κ2) is 3.55. The smallest absolute Gasteiger partial charge is 0.398 e. The number of hydrogen-bond acceptors (Lipinski definition) is 4. The van der Waals surface area contributed by atoms with Crippen molar-refractivity contribution in [3.8, 4) is 0 Å². The molecule has 0 aromatic carbocycles. The first kappa shape index (κ1) is 7.91. The van der Waals surface area contributed by atoms with Gasteiger partial charge >= 0.3 is 7.12 Å². The standard InChI is InChI=1S/C12H16BN3O2/c1-11(2)12(3,4)18-13(17-11)9-6-8-16-10(15-9)5-7-14-16/h5-8H,1-4H3/i5D,6D,7D,8D. The Hall–Kier alpha value is -1.40. The maximum absolute atomic E-state index is 8.09. The highest BCUT2D eigenvalue weighted by Crippen LogP contribution is 2.36. The zero-order valence-corrected chi connectivity index (χ0v) is 10.7. The number of aromatic nitrogens is 3. The van der Waals surface area contributed by atoms with Crippen molar-refractivity contribution in [1.29, 1.82) is 0 Å². The number of hydrogen-bond donors (Lipinski definition) is 0. The molecule has 0 saturated carbocycles. The fourth-order valence-corrected chi connectivity index (χ4v) is 1.70. The first-order valence-electron chi connectivity index (χ1n) is 7.74. The summed E-state index contributed by atoms with van der Waals surface area (Å²) in [7, 11) is -0.893. The summed E-state index contributed by atoms with van der Waals surface area (Å²) in [5, 5.41) is 3.74. The van der Waals surface area contributed by atoms with Gasteiger partial charge in [0.2, 0.25) is 0 Å². The Labute approximate surface area is 112 Å². The first-order valence-corrected chi connectivity index (χ1v) is 5.74. The quantitative estimate of drug-likeness (QED) is 0.708. The normalized spacial score (nSPS) is 24.8. The molecule has 0 aliphatic carbocycles. The van der Waals surface area contributed by atoms with Crippen LogP contribution in [0.5, 0.6) is 0 Å². The van der Waals surface area contributed by atoms with Gasteiger partial charge in [0, 0.05) is 12.2 Å². The van der Waals surface area contributed by atoms with E-state index in [0.717, 1.165) is 4.52 Å². The SMILES string of the molecule is [2H]c1nn2c([2H])c([2H])c(B3OC(C)(C)C(C)(C)O3)nc2c1[2H]. The Morgan fingerprint density at radius 2 is 1.89 bits per heavy atom. The van der Waals surface area contributed by atoms with Crippen LogP contribution >= 0.6 is 0 Å². The summed E-state index contributed by atoms with van der Waals surface area (Å²) in [5.74, 6) is 0. The summed E-state index contributed by atoms with van der Waals surface area (Å²) in [6.45, 7) is 7.53. The van der Waals surface area contributed by atoms with E-state index in [9.17, 15) is 0 Å². The van der Waals surface area contributed by atoms with Gasteiger partial charge in [-0.15, -0.1) is 0 Å². The Bertz CT molecular complexity index is 762. The van der Waals surface area contributed by atoms with Gasteiger partial charge in [-0.25, -0.2) is 9.50 Å². The third-order valence-corrected chi connectivity index (χ3v) is 3.51. The van der Waals surface area contributed by atoms with Gasteiger partial charge in [0.1, 0.15) is 0 Å². The molecule has 0 N–H and O–H groups in total. The van der Waals surface area contributed by atoms with E-state index in [0.29, 0.717) is 0 Å². The fourth-order valence-electron chi connectivity index (χ4n) is 1.70. The average molecular weight is 249 g/mol. The summed E-state index contributed by atoms with van der Waals surface area (Å²) in [4.78, 5) is 4.20. The lowest BCUT2D eigenvalue weighted by molar-refractivity contribution is 0.00578. The Kier molecular flexibility index (Phi) is 1.56. The van der Waals surface area contributed by atoms with Crippen molar-refractivity contribution in [3.05, 3.63) is 24.4 Å². The lowest BCUT2D eigenvalue weighted by Crippen LogP contribution is -2.41.